The maximum Gasteiger partial charge on any atom is 0.255 e. The lowest BCUT2D eigenvalue weighted by atomic mass is 10.1. The number of carbonyl (C=O) groups is 1. The van der Waals surface area contributed by atoms with Gasteiger partial charge in [-0.25, -0.2) is 0 Å². The van der Waals surface area contributed by atoms with Gasteiger partial charge in [0, 0.05) is 48.5 Å². The number of carbonyl (C=O) groups excluding carboxylic acids is 1. The number of piperazine rings is 1. The van der Waals surface area contributed by atoms with Gasteiger partial charge >= 0.3 is 0 Å². The monoisotopic (exact) mass is 385 g/mol. The highest BCUT2D eigenvalue weighted by Gasteiger charge is 2.24. The molecule has 1 saturated heterocycles. The third-order valence-electron chi connectivity index (χ3n) is 4.69. The molecule has 0 atom stereocenters. The van der Waals surface area contributed by atoms with Crippen molar-refractivity contribution in [1.82, 2.24) is 9.88 Å². The largest absolute Gasteiger partial charge is 0.367 e. The summed E-state index contributed by atoms with van der Waals surface area (Å²) in [6.45, 7) is 2.83. The number of aromatic nitrogens is 1. The first-order valence-corrected chi connectivity index (χ1v) is 9.22. The maximum atomic E-state index is 12.7. The molecule has 0 unspecified atom stereocenters. The van der Waals surface area contributed by atoms with Gasteiger partial charge in [0.25, 0.3) is 5.91 Å². The molecule has 4 rings (SSSR count). The Labute approximate surface area is 161 Å². The van der Waals surface area contributed by atoms with Crippen LogP contribution in [0.25, 0.3) is 10.9 Å². The molecule has 1 aliphatic rings. The number of fused-ring (bicyclic) bond motifs is 1. The first-order valence-electron chi connectivity index (χ1n) is 8.46. The van der Waals surface area contributed by atoms with E-state index in [0.717, 1.165) is 29.7 Å². The Balaban J connectivity index is 1.52. The van der Waals surface area contributed by atoms with Crippen LogP contribution in [0.1, 0.15) is 10.4 Å². The topological polar surface area (TPSA) is 36.4 Å². The van der Waals surface area contributed by atoms with E-state index in [-0.39, 0.29) is 5.91 Å². The molecule has 6 heteroatoms. The Morgan fingerprint density at radius 1 is 0.962 bits per heavy atom. The molecule has 2 aromatic carbocycles. The molecule has 26 heavy (non-hydrogen) atoms. The number of hydrogen-bond acceptors (Lipinski definition) is 3. The van der Waals surface area contributed by atoms with Crippen LogP contribution in [0, 0.1) is 0 Å². The van der Waals surface area contributed by atoms with Crippen LogP contribution in [0.15, 0.2) is 54.7 Å². The van der Waals surface area contributed by atoms with Crippen LogP contribution in [0.4, 0.5) is 5.69 Å². The van der Waals surface area contributed by atoms with Crippen LogP contribution >= 0.6 is 23.2 Å². The first kappa shape index (κ1) is 17.1. The molecule has 1 fully saturated rings. The summed E-state index contributed by atoms with van der Waals surface area (Å²) in [7, 11) is 0. The SMILES string of the molecule is O=C(c1ccccc1Cl)N1CCN(c2ccnc3cc(Cl)ccc23)CC1. The van der Waals surface area contributed by atoms with Crippen molar-refractivity contribution in [3.63, 3.8) is 0 Å². The third-order valence-corrected chi connectivity index (χ3v) is 5.26. The van der Waals surface area contributed by atoms with E-state index in [0.29, 0.717) is 28.7 Å². The van der Waals surface area contributed by atoms with Gasteiger partial charge in [0.15, 0.2) is 0 Å². The maximum absolute atomic E-state index is 12.7. The number of nitrogens with zero attached hydrogens (tertiary/aromatic N) is 3. The van der Waals surface area contributed by atoms with Crippen LogP contribution in [0.2, 0.25) is 10.0 Å². The van der Waals surface area contributed by atoms with Crippen molar-refractivity contribution in [2.24, 2.45) is 0 Å². The Kier molecular flexibility index (Phi) is 4.70. The molecule has 0 radical (unpaired) electrons. The molecular formula is C20H17Cl2N3O. The van der Waals surface area contributed by atoms with Gasteiger partial charge in [-0.05, 0) is 36.4 Å². The molecule has 1 aromatic heterocycles. The van der Waals surface area contributed by atoms with E-state index < -0.39 is 0 Å². The summed E-state index contributed by atoms with van der Waals surface area (Å²) in [4.78, 5) is 21.3. The minimum Gasteiger partial charge on any atom is -0.367 e. The van der Waals surface area contributed by atoms with Crippen molar-refractivity contribution in [3.05, 3.63) is 70.3 Å². The zero-order valence-corrected chi connectivity index (χ0v) is 15.5. The molecule has 0 saturated carbocycles. The summed E-state index contributed by atoms with van der Waals surface area (Å²) < 4.78 is 0. The summed E-state index contributed by atoms with van der Waals surface area (Å²) in [6.07, 6.45) is 1.80. The van der Waals surface area contributed by atoms with Crippen molar-refractivity contribution >= 4 is 45.7 Å². The second kappa shape index (κ2) is 7.14. The fourth-order valence-electron chi connectivity index (χ4n) is 3.34. The van der Waals surface area contributed by atoms with Crippen LogP contribution in [-0.4, -0.2) is 42.0 Å². The van der Waals surface area contributed by atoms with Crippen LogP contribution in [0.5, 0.6) is 0 Å². The second-order valence-corrected chi connectivity index (χ2v) is 7.09. The molecule has 3 aromatic rings. The van der Waals surface area contributed by atoms with E-state index in [2.05, 4.69) is 9.88 Å². The molecule has 2 heterocycles. The number of rotatable bonds is 2. The number of amides is 1. The van der Waals surface area contributed by atoms with E-state index in [1.807, 2.05) is 41.3 Å². The van der Waals surface area contributed by atoms with E-state index in [9.17, 15) is 4.79 Å². The summed E-state index contributed by atoms with van der Waals surface area (Å²) >= 11 is 12.2. The normalized spacial score (nSPS) is 14.7. The van der Waals surface area contributed by atoms with Crippen LogP contribution in [-0.2, 0) is 0 Å². The van der Waals surface area contributed by atoms with Gasteiger partial charge in [-0.3, -0.25) is 9.78 Å². The van der Waals surface area contributed by atoms with E-state index in [4.69, 9.17) is 23.2 Å². The molecule has 1 aliphatic heterocycles. The first-order chi connectivity index (χ1) is 12.6. The zero-order valence-electron chi connectivity index (χ0n) is 14.0. The highest BCUT2D eigenvalue weighted by Crippen LogP contribution is 2.28. The van der Waals surface area contributed by atoms with Gasteiger partial charge in [-0.1, -0.05) is 35.3 Å². The number of halogens is 2. The summed E-state index contributed by atoms with van der Waals surface area (Å²) in [5, 5.41) is 2.25. The average Bonchev–Trinajstić information content (AvgIpc) is 2.67. The van der Waals surface area contributed by atoms with Crippen molar-refractivity contribution in [2.45, 2.75) is 0 Å². The zero-order chi connectivity index (χ0) is 18.1. The number of anilines is 1. The quantitative estimate of drug-likeness (QED) is 0.651. The Bertz CT molecular complexity index is 968. The Morgan fingerprint density at radius 3 is 2.50 bits per heavy atom. The lowest BCUT2D eigenvalue weighted by Crippen LogP contribution is -2.48. The van der Waals surface area contributed by atoms with Crippen molar-refractivity contribution < 1.29 is 4.79 Å². The van der Waals surface area contributed by atoms with Crippen molar-refractivity contribution in [2.75, 3.05) is 31.1 Å². The lowest BCUT2D eigenvalue weighted by Gasteiger charge is -2.36. The predicted octanol–water partition coefficient (Wildman–Crippen LogP) is 4.50. The van der Waals surface area contributed by atoms with Gasteiger partial charge in [-0.15, -0.1) is 0 Å². The van der Waals surface area contributed by atoms with Crippen LogP contribution < -0.4 is 4.90 Å². The smallest absolute Gasteiger partial charge is 0.255 e. The minimum atomic E-state index is -0.0124. The predicted molar refractivity (Wildman–Crippen MR) is 106 cm³/mol. The molecule has 1 amide bonds. The van der Waals surface area contributed by atoms with Gasteiger partial charge in [0.2, 0.25) is 0 Å². The molecule has 4 nitrogen and oxygen atoms in total. The number of hydrogen-bond donors (Lipinski definition) is 0. The average molecular weight is 386 g/mol. The molecule has 0 spiro atoms. The fraction of sp³-hybridized carbons (Fsp3) is 0.200. The Morgan fingerprint density at radius 2 is 1.73 bits per heavy atom. The van der Waals surface area contributed by atoms with Gasteiger partial charge < -0.3 is 9.80 Å². The van der Waals surface area contributed by atoms with Gasteiger partial charge in [0.05, 0.1) is 16.1 Å². The number of pyridine rings is 1. The Hall–Kier alpha value is -2.30. The van der Waals surface area contributed by atoms with Crippen LogP contribution in [0.3, 0.4) is 0 Å². The van der Waals surface area contributed by atoms with E-state index >= 15 is 0 Å². The number of benzene rings is 2. The molecule has 0 N–H and O–H groups in total. The molecule has 0 aliphatic carbocycles. The summed E-state index contributed by atoms with van der Waals surface area (Å²) in [5.74, 6) is -0.0124. The highest BCUT2D eigenvalue weighted by atomic mass is 35.5. The van der Waals surface area contributed by atoms with Gasteiger partial charge in [0.1, 0.15) is 0 Å². The molecule has 132 valence electrons. The summed E-state index contributed by atoms with van der Waals surface area (Å²) in [6, 6.07) is 15.0. The molecular weight excluding hydrogens is 369 g/mol. The second-order valence-electron chi connectivity index (χ2n) is 6.25. The van der Waals surface area contributed by atoms with E-state index in [1.165, 1.54) is 0 Å². The lowest BCUT2D eigenvalue weighted by molar-refractivity contribution is 0.0747. The summed E-state index contributed by atoms with van der Waals surface area (Å²) in [5.41, 5.74) is 2.56. The standard InChI is InChI=1S/C20H17Cl2N3O/c21-14-5-6-16-18(13-14)23-8-7-19(16)24-9-11-25(12-10-24)20(26)15-3-1-2-4-17(15)22/h1-8,13H,9-12H2. The minimum absolute atomic E-state index is 0.0124. The van der Waals surface area contributed by atoms with Crippen molar-refractivity contribution in [3.8, 4) is 0 Å². The fourth-order valence-corrected chi connectivity index (χ4v) is 3.72. The highest BCUT2D eigenvalue weighted by molar-refractivity contribution is 6.33. The van der Waals surface area contributed by atoms with Crippen molar-refractivity contribution in [1.29, 1.82) is 0 Å². The van der Waals surface area contributed by atoms with Gasteiger partial charge in [-0.2, -0.15) is 0 Å². The molecule has 0 bridgehead atoms. The van der Waals surface area contributed by atoms with E-state index in [1.54, 1.807) is 18.3 Å². The third kappa shape index (κ3) is 3.22.